The third-order valence-corrected chi connectivity index (χ3v) is 5.59. The van der Waals surface area contributed by atoms with Crippen LogP contribution in [0.2, 0.25) is 0 Å². The van der Waals surface area contributed by atoms with Crippen LogP contribution in [0.25, 0.3) is 10.4 Å². The quantitative estimate of drug-likeness (QED) is 0.732. The number of hydrogen-bond donors (Lipinski definition) is 1. The smallest absolute Gasteiger partial charge is 0.261 e. The molecule has 0 saturated heterocycles. The number of carbonyl (C=O) groups excluding carboxylic acids is 1. The molecule has 0 saturated carbocycles. The van der Waals surface area contributed by atoms with Crippen molar-refractivity contribution in [3.63, 3.8) is 0 Å². The zero-order valence-corrected chi connectivity index (χ0v) is 16.5. The van der Waals surface area contributed by atoms with E-state index in [0.29, 0.717) is 19.1 Å². The van der Waals surface area contributed by atoms with Crippen molar-refractivity contribution in [3.05, 3.63) is 35.2 Å². The largest absolute Gasteiger partial charge is 0.486 e. The van der Waals surface area contributed by atoms with Crippen LogP contribution < -0.4 is 14.8 Å². The summed E-state index contributed by atoms with van der Waals surface area (Å²) in [6, 6.07) is 10.0. The zero-order valence-electron chi connectivity index (χ0n) is 15.7. The molecule has 0 fully saturated rings. The van der Waals surface area contributed by atoms with Crippen LogP contribution in [0.4, 0.5) is 0 Å². The van der Waals surface area contributed by atoms with Crippen LogP contribution in [-0.4, -0.2) is 25.2 Å². The van der Waals surface area contributed by atoms with E-state index in [9.17, 15) is 4.79 Å². The lowest BCUT2D eigenvalue weighted by Gasteiger charge is -2.18. The van der Waals surface area contributed by atoms with E-state index < -0.39 is 0 Å². The Bertz CT molecular complexity index is 753. The van der Waals surface area contributed by atoms with Crippen molar-refractivity contribution >= 4 is 17.2 Å². The van der Waals surface area contributed by atoms with Gasteiger partial charge >= 0.3 is 0 Å². The Morgan fingerprint density at radius 1 is 1.08 bits per heavy atom. The molecule has 1 amide bonds. The fourth-order valence-electron chi connectivity index (χ4n) is 3.01. The molecular weight excluding hydrogens is 346 g/mol. The van der Waals surface area contributed by atoms with E-state index in [1.54, 1.807) is 0 Å². The van der Waals surface area contributed by atoms with Crippen LogP contribution in [0.3, 0.4) is 0 Å². The van der Waals surface area contributed by atoms with E-state index in [1.807, 2.05) is 30.3 Å². The number of benzene rings is 1. The molecule has 0 aliphatic carbocycles. The molecule has 3 rings (SSSR count). The van der Waals surface area contributed by atoms with Crippen LogP contribution >= 0.6 is 11.3 Å². The molecule has 1 N–H and O–H groups in total. The summed E-state index contributed by atoms with van der Waals surface area (Å²) in [6.45, 7) is 7.70. The Balaban J connectivity index is 1.61. The minimum absolute atomic E-state index is 0.0100. The van der Waals surface area contributed by atoms with Gasteiger partial charge in [0.1, 0.15) is 13.2 Å². The molecule has 4 nitrogen and oxygen atoms in total. The SMILES string of the molecule is CC(C)CCC[C@@H](C)NC(=O)c1ccc(-c2ccc3c(c2)OCCO3)s1. The van der Waals surface area contributed by atoms with E-state index in [-0.39, 0.29) is 11.9 Å². The van der Waals surface area contributed by atoms with Crippen molar-refractivity contribution in [1.82, 2.24) is 5.32 Å². The first-order valence-corrected chi connectivity index (χ1v) is 10.2. The average Bonchev–Trinajstić information content (AvgIpc) is 3.11. The van der Waals surface area contributed by atoms with Gasteiger partial charge in [0.2, 0.25) is 0 Å². The summed E-state index contributed by atoms with van der Waals surface area (Å²) in [5, 5.41) is 3.11. The summed E-state index contributed by atoms with van der Waals surface area (Å²) >= 11 is 1.51. The predicted octanol–water partition coefficient (Wildman–Crippen LogP) is 5.13. The maximum atomic E-state index is 12.5. The molecule has 2 heterocycles. The van der Waals surface area contributed by atoms with Crippen molar-refractivity contribution in [3.8, 4) is 21.9 Å². The molecule has 5 heteroatoms. The van der Waals surface area contributed by atoms with Gasteiger partial charge in [0, 0.05) is 10.9 Å². The van der Waals surface area contributed by atoms with Gasteiger partial charge in [-0.1, -0.05) is 26.7 Å². The topological polar surface area (TPSA) is 47.6 Å². The van der Waals surface area contributed by atoms with Crippen LogP contribution in [-0.2, 0) is 0 Å². The van der Waals surface area contributed by atoms with Gasteiger partial charge in [-0.15, -0.1) is 11.3 Å². The summed E-state index contributed by atoms with van der Waals surface area (Å²) in [5.41, 5.74) is 1.04. The fourth-order valence-corrected chi connectivity index (χ4v) is 3.92. The monoisotopic (exact) mass is 373 g/mol. The Morgan fingerprint density at radius 2 is 1.85 bits per heavy atom. The highest BCUT2D eigenvalue weighted by Crippen LogP contribution is 2.36. The Labute approximate surface area is 159 Å². The summed E-state index contributed by atoms with van der Waals surface area (Å²) in [6.07, 6.45) is 3.36. The molecule has 1 aliphatic rings. The Hall–Kier alpha value is -2.01. The molecule has 0 radical (unpaired) electrons. The Kier molecular flexibility index (Phi) is 6.20. The first-order valence-electron chi connectivity index (χ1n) is 9.33. The third-order valence-electron chi connectivity index (χ3n) is 4.45. The minimum Gasteiger partial charge on any atom is -0.486 e. The van der Waals surface area contributed by atoms with E-state index in [1.165, 1.54) is 17.8 Å². The lowest BCUT2D eigenvalue weighted by Crippen LogP contribution is -2.31. The van der Waals surface area contributed by atoms with E-state index >= 15 is 0 Å². The molecule has 1 aromatic carbocycles. The third kappa shape index (κ3) is 4.79. The fraction of sp³-hybridized carbons (Fsp3) is 0.476. The van der Waals surface area contributed by atoms with Gasteiger partial charge in [-0.05, 0) is 55.2 Å². The maximum Gasteiger partial charge on any atom is 0.261 e. The normalized spacial score (nSPS) is 14.3. The van der Waals surface area contributed by atoms with Gasteiger partial charge in [0.05, 0.1) is 4.88 Å². The van der Waals surface area contributed by atoms with Gasteiger partial charge in [-0.25, -0.2) is 0 Å². The number of rotatable bonds is 7. The highest BCUT2D eigenvalue weighted by Gasteiger charge is 2.16. The lowest BCUT2D eigenvalue weighted by atomic mass is 10.0. The minimum atomic E-state index is 0.0100. The molecule has 140 valence electrons. The number of fused-ring (bicyclic) bond motifs is 1. The number of thiophene rings is 1. The number of ether oxygens (including phenoxy) is 2. The van der Waals surface area contributed by atoms with Crippen LogP contribution in [0.5, 0.6) is 11.5 Å². The lowest BCUT2D eigenvalue weighted by molar-refractivity contribution is 0.0942. The molecule has 0 bridgehead atoms. The zero-order chi connectivity index (χ0) is 18.5. The number of amides is 1. The van der Waals surface area contributed by atoms with Crippen molar-refractivity contribution in [2.45, 2.75) is 46.1 Å². The van der Waals surface area contributed by atoms with Gasteiger partial charge in [0.15, 0.2) is 11.5 Å². The highest BCUT2D eigenvalue weighted by molar-refractivity contribution is 7.17. The molecule has 2 aromatic rings. The standard InChI is InChI=1S/C21H27NO3S/c1-14(2)5-4-6-15(3)22-21(23)20-10-9-19(26-20)16-7-8-17-18(13-16)25-12-11-24-17/h7-10,13-15H,4-6,11-12H2,1-3H3,(H,22,23)/t15-/m1/s1. The van der Waals surface area contributed by atoms with E-state index in [4.69, 9.17) is 9.47 Å². The van der Waals surface area contributed by atoms with Crippen molar-refractivity contribution < 1.29 is 14.3 Å². The molecule has 0 spiro atoms. The molecule has 1 aliphatic heterocycles. The van der Waals surface area contributed by atoms with Crippen LogP contribution in [0.1, 0.15) is 49.7 Å². The first kappa shape index (κ1) is 18.8. The molecule has 0 unspecified atom stereocenters. The number of nitrogens with one attached hydrogen (secondary N) is 1. The Morgan fingerprint density at radius 3 is 2.62 bits per heavy atom. The van der Waals surface area contributed by atoms with Crippen LogP contribution in [0.15, 0.2) is 30.3 Å². The van der Waals surface area contributed by atoms with Gasteiger partial charge in [-0.2, -0.15) is 0 Å². The summed E-state index contributed by atoms with van der Waals surface area (Å²) in [7, 11) is 0. The van der Waals surface area contributed by atoms with E-state index in [0.717, 1.165) is 39.7 Å². The van der Waals surface area contributed by atoms with Crippen molar-refractivity contribution in [1.29, 1.82) is 0 Å². The number of hydrogen-bond acceptors (Lipinski definition) is 4. The second kappa shape index (κ2) is 8.58. The molecular formula is C21H27NO3S. The summed E-state index contributed by atoms with van der Waals surface area (Å²) in [5.74, 6) is 2.27. The predicted molar refractivity (Wildman–Crippen MR) is 106 cm³/mol. The van der Waals surface area contributed by atoms with Gasteiger partial charge in [0.25, 0.3) is 5.91 Å². The maximum absolute atomic E-state index is 12.5. The van der Waals surface area contributed by atoms with Crippen LogP contribution in [0, 0.1) is 5.92 Å². The van der Waals surface area contributed by atoms with Gasteiger partial charge < -0.3 is 14.8 Å². The molecule has 1 aromatic heterocycles. The molecule has 26 heavy (non-hydrogen) atoms. The molecule has 1 atom stereocenters. The van der Waals surface area contributed by atoms with E-state index in [2.05, 4.69) is 26.1 Å². The average molecular weight is 374 g/mol. The highest BCUT2D eigenvalue weighted by atomic mass is 32.1. The summed E-state index contributed by atoms with van der Waals surface area (Å²) < 4.78 is 11.2. The first-order chi connectivity index (χ1) is 12.5. The second-order valence-electron chi connectivity index (χ2n) is 7.22. The van der Waals surface area contributed by atoms with Gasteiger partial charge in [-0.3, -0.25) is 4.79 Å². The summed E-state index contributed by atoms with van der Waals surface area (Å²) in [4.78, 5) is 14.3. The van der Waals surface area contributed by atoms with Crippen molar-refractivity contribution in [2.75, 3.05) is 13.2 Å². The second-order valence-corrected chi connectivity index (χ2v) is 8.31. The van der Waals surface area contributed by atoms with Crippen molar-refractivity contribution in [2.24, 2.45) is 5.92 Å². The number of carbonyl (C=O) groups is 1.